The number of nitrogens with two attached hydrogens (primary N) is 1. The van der Waals surface area contributed by atoms with E-state index in [0.29, 0.717) is 6.54 Å². The van der Waals surface area contributed by atoms with Crippen LogP contribution in [0, 0.1) is 12.7 Å². The maximum absolute atomic E-state index is 13.0. The van der Waals surface area contributed by atoms with Gasteiger partial charge in [0.25, 0.3) is 0 Å². The fourth-order valence-corrected chi connectivity index (χ4v) is 2.42. The lowest BCUT2D eigenvalue weighted by atomic mass is 10.0. The summed E-state index contributed by atoms with van der Waals surface area (Å²) in [4.78, 5) is 2.20. The van der Waals surface area contributed by atoms with Gasteiger partial charge in [0, 0.05) is 19.1 Å². The Morgan fingerprint density at radius 2 is 1.75 bits per heavy atom. The van der Waals surface area contributed by atoms with Crippen LogP contribution in [0.1, 0.15) is 22.7 Å². The van der Waals surface area contributed by atoms with E-state index >= 15 is 0 Å². The van der Waals surface area contributed by atoms with Gasteiger partial charge in [-0.05, 0) is 42.8 Å². The van der Waals surface area contributed by atoms with Crippen molar-refractivity contribution in [1.82, 2.24) is 4.90 Å². The van der Waals surface area contributed by atoms with Crippen molar-refractivity contribution in [3.8, 4) is 0 Å². The molecule has 1 unspecified atom stereocenters. The summed E-state index contributed by atoms with van der Waals surface area (Å²) >= 11 is 0. The van der Waals surface area contributed by atoms with Crippen molar-refractivity contribution < 1.29 is 4.39 Å². The molecule has 0 heterocycles. The smallest absolute Gasteiger partial charge is 0.123 e. The Labute approximate surface area is 120 Å². The van der Waals surface area contributed by atoms with Crippen molar-refractivity contribution >= 4 is 0 Å². The normalized spacial score (nSPS) is 12.7. The Morgan fingerprint density at radius 3 is 2.35 bits per heavy atom. The Hall–Kier alpha value is -1.71. The molecule has 2 rings (SSSR count). The minimum atomic E-state index is -0.217. The molecule has 0 aliphatic carbocycles. The number of likely N-dealkylation sites (N-methyl/N-ethyl adjacent to an activating group) is 1. The van der Waals surface area contributed by atoms with E-state index in [1.54, 1.807) is 12.1 Å². The third-order valence-corrected chi connectivity index (χ3v) is 3.69. The van der Waals surface area contributed by atoms with Gasteiger partial charge in [-0.2, -0.15) is 0 Å². The van der Waals surface area contributed by atoms with Gasteiger partial charge in [0.2, 0.25) is 0 Å². The summed E-state index contributed by atoms with van der Waals surface area (Å²) in [7, 11) is 2.05. The van der Waals surface area contributed by atoms with Gasteiger partial charge in [0.15, 0.2) is 0 Å². The molecule has 2 nitrogen and oxygen atoms in total. The molecular weight excluding hydrogens is 251 g/mol. The predicted octanol–water partition coefficient (Wildman–Crippen LogP) is 3.27. The van der Waals surface area contributed by atoms with E-state index < -0.39 is 0 Å². The fraction of sp³-hybridized carbons (Fsp3) is 0.294. The van der Waals surface area contributed by atoms with Crippen LogP contribution in [0.5, 0.6) is 0 Å². The Kier molecular flexibility index (Phi) is 4.88. The van der Waals surface area contributed by atoms with Gasteiger partial charge in [0.1, 0.15) is 5.82 Å². The van der Waals surface area contributed by atoms with Gasteiger partial charge in [-0.3, -0.25) is 4.90 Å². The van der Waals surface area contributed by atoms with Crippen LogP contribution in [0.4, 0.5) is 4.39 Å². The van der Waals surface area contributed by atoms with Crippen molar-refractivity contribution in [3.63, 3.8) is 0 Å². The van der Waals surface area contributed by atoms with Gasteiger partial charge in [-0.25, -0.2) is 4.39 Å². The minimum Gasteiger partial charge on any atom is -0.329 e. The van der Waals surface area contributed by atoms with Gasteiger partial charge in [-0.15, -0.1) is 0 Å². The molecule has 106 valence electrons. The van der Waals surface area contributed by atoms with Crippen LogP contribution >= 0.6 is 0 Å². The van der Waals surface area contributed by atoms with Crippen LogP contribution in [0.3, 0.4) is 0 Å². The molecule has 0 saturated carbocycles. The monoisotopic (exact) mass is 272 g/mol. The molecule has 0 spiro atoms. The first kappa shape index (κ1) is 14.7. The lowest BCUT2D eigenvalue weighted by molar-refractivity contribution is 0.241. The number of hydrogen-bond acceptors (Lipinski definition) is 2. The summed E-state index contributed by atoms with van der Waals surface area (Å²) in [6.45, 7) is 3.44. The molecule has 0 amide bonds. The first-order chi connectivity index (χ1) is 9.61. The molecule has 2 aromatic rings. The van der Waals surface area contributed by atoms with Crippen LogP contribution < -0.4 is 5.73 Å². The van der Waals surface area contributed by atoms with Gasteiger partial charge in [-0.1, -0.05) is 36.4 Å². The molecule has 20 heavy (non-hydrogen) atoms. The zero-order valence-corrected chi connectivity index (χ0v) is 12.0. The summed E-state index contributed by atoms with van der Waals surface area (Å²) in [5.74, 6) is -0.217. The minimum absolute atomic E-state index is 0.0928. The predicted molar refractivity (Wildman–Crippen MR) is 80.8 cm³/mol. The van der Waals surface area contributed by atoms with Crippen molar-refractivity contribution in [2.24, 2.45) is 5.73 Å². The zero-order valence-electron chi connectivity index (χ0n) is 12.0. The van der Waals surface area contributed by atoms with E-state index in [-0.39, 0.29) is 11.9 Å². The topological polar surface area (TPSA) is 29.3 Å². The highest BCUT2D eigenvalue weighted by Crippen LogP contribution is 2.21. The van der Waals surface area contributed by atoms with Crippen LogP contribution in [-0.4, -0.2) is 18.5 Å². The summed E-state index contributed by atoms with van der Waals surface area (Å²) < 4.78 is 13.0. The first-order valence-corrected chi connectivity index (χ1v) is 6.82. The van der Waals surface area contributed by atoms with E-state index in [1.165, 1.54) is 23.3 Å². The molecule has 0 aliphatic heterocycles. The Bertz CT molecular complexity index is 551. The average molecular weight is 272 g/mol. The maximum atomic E-state index is 13.0. The molecule has 0 aromatic heterocycles. The quantitative estimate of drug-likeness (QED) is 0.905. The second kappa shape index (κ2) is 6.64. The van der Waals surface area contributed by atoms with Crippen LogP contribution in [0.2, 0.25) is 0 Å². The van der Waals surface area contributed by atoms with Crippen LogP contribution in [0.15, 0.2) is 48.5 Å². The first-order valence-electron chi connectivity index (χ1n) is 6.82. The van der Waals surface area contributed by atoms with Crippen LogP contribution in [-0.2, 0) is 6.54 Å². The molecule has 0 radical (unpaired) electrons. The molecule has 0 aliphatic rings. The summed E-state index contributed by atoms with van der Waals surface area (Å²) in [6.07, 6.45) is 0. The number of nitrogens with zero attached hydrogens (tertiary/aromatic N) is 1. The standard InChI is InChI=1S/C17H21FN2/c1-13-5-3-4-6-15(13)12-20(2)17(11-19)14-7-9-16(18)10-8-14/h3-10,17H,11-12,19H2,1-2H3. The highest BCUT2D eigenvalue weighted by atomic mass is 19.1. The maximum Gasteiger partial charge on any atom is 0.123 e. The SMILES string of the molecule is Cc1ccccc1CN(C)C(CN)c1ccc(F)cc1. The molecule has 3 heteroatoms. The second-order valence-electron chi connectivity index (χ2n) is 5.14. The summed E-state index contributed by atoms with van der Waals surface area (Å²) in [5, 5.41) is 0. The highest BCUT2D eigenvalue weighted by Gasteiger charge is 2.16. The van der Waals surface area contributed by atoms with Crippen molar-refractivity contribution in [1.29, 1.82) is 0 Å². The fourth-order valence-electron chi connectivity index (χ4n) is 2.42. The largest absolute Gasteiger partial charge is 0.329 e. The van der Waals surface area contributed by atoms with Crippen molar-refractivity contribution in [2.45, 2.75) is 19.5 Å². The van der Waals surface area contributed by atoms with E-state index in [2.05, 4.69) is 24.0 Å². The van der Waals surface area contributed by atoms with Gasteiger partial charge in [0.05, 0.1) is 0 Å². The lowest BCUT2D eigenvalue weighted by Crippen LogP contribution is -2.30. The van der Waals surface area contributed by atoms with Crippen molar-refractivity contribution in [2.75, 3.05) is 13.6 Å². The number of aryl methyl sites for hydroxylation is 1. The summed E-state index contributed by atoms with van der Waals surface area (Å²) in [5.41, 5.74) is 9.51. The molecule has 0 saturated heterocycles. The molecule has 0 bridgehead atoms. The molecule has 2 aromatic carbocycles. The van der Waals surface area contributed by atoms with E-state index in [1.807, 2.05) is 19.2 Å². The molecule has 2 N–H and O–H groups in total. The van der Waals surface area contributed by atoms with E-state index in [4.69, 9.17) is 5.73 Å². The van der Waals surface area contributed by atoms with Crippen molar-refractivity contribution in [3.05, 3.63) is 71.0 Å². The Balaban J connectivity index is 2.15. The number of benzene rings is 2. The number of halogens is 1. The van der Waals surface area contributed by atoms with E-state index in [9.17, 15) is 4.39 Å². The third kappa shape index (κ3) is 3.44. The summed E-state index contributed by atoms with van der Waals surface area (Å²) in [6, 6.07) is 15.0. The zero-order chi connectivity index (χ0) is 14.5. The second-order valence-corrected chi connectivity index (χ2v) is 5.14. The van der Waals surface area contributed by atoms with Gasteiger partial charge >= 0.3 is 0 Å². The third-order valence-electron chi connectivity index (χ3n) is 3.69. The molecule has 1 atom stereocenters. The van der Waals surface area contributed by atoms with Crippen LogP contribution in [0.25, 0.3) is 0 Å². The average Bonchev–Trinajstić information content (AvgIpc) is 2.44. The molecule has 0 fully saturated rings. The lowest BCUT2D eigenvalue weighted by Gasteiger charge is -2.28. The van der Waals surface area contributed by atoms with E-state index in [0.717, 1.165) is 12.1 Å². The van der Waals surface area contributed by atoms with Gasteiger partial charge < -0.3 is 5.73 Å². The highest BCUT2D eigenvalue weighted by molar-refractivity contribution is 5.26. The number of hydrogen-bond donors (Lipinski definition) is 1. The Morgan fingerprint density at radius 1 is 1.10 bits per heavy atom. The number of rotatable bonds is 5. The molecular formula is C17H21FN2.